The van der Waals surface area contributed by atoms with Crippen LogP contribution in [0.2, 0.25) is 0 Å². The number of ether oxygens (including phenoxy) is 3. The molecule has 0 saturated heterocycles. The second-order valence-corrected chi connectivity index (χ2v) is 9.28. The molecule has 0 aliphatic rings. The van der Waals surface area contributed by atoms with Gasteiger partial charge in [0, 0.05) is 17.2 Å². The van der Waals surface area contributed by atoms with Crippen molar-refractivity contribution in [2.24, 2.45) is 0 Å². The molecule has 3 aromatic rings. The SMILES string of the molecule is COc1cc(-c2cnn3cc(C(C)(C)CO)ccc23)cc(OC(F)F)c1C(=O)OC(C)(C)C. The number of nitrogens with zero attached hydrogens (tertiary/aromatic N) is 2. The first-order valence-corrected chi connectivity index (χ1v) is 10.4. The van der Waals surface area contributed by atoms with Crippen molar-refractivity contribution in [2.45, 2.75) is 52.2 Å². The van der Waals surface area contributed by atoms with Crippen molar-refractivity contribution in [3.63, 3.8) is 0 Å². The Morgan fingerprint density at radius 2 is 1.82 bits per heavy atom. The summed E-state index contributed by atoms with van der Waals surface area (Å²) in [7, 11) is 1.33. The van der Waals surface area contributed by atoms with Crippen LogP contribution in [0.5, 0.6) is 11.5 Å². The molecule has 0 radical (unpaired) electrons. The minimum atomic E-state index is -3.15. The van der Waals surface area contributed by atoms with Crippen LogP contribution in [0, 0.1) is 0 Å². The molecule has 0 unspecified atom stereocenters. The number of alkyl halides is 2. The Bertz CT molecular complexity index is 1170. The van der Waals surface area contributed by atoms with E-state index in [2.05, 4.69) is 9.84 Å². The minimum absolute atomic E-state index is 0.0368. The molecule has 1 N–H and O–H groups in total. The second kappa shape index (κ2) is 8.97. The highest BCUT2D eigenvalue weighted by molar-refractivity contribution is 5.97. The Balaban J connectivity index is 2.15. The maximum absolute atomic E-state index is 13.2. The van der Waals surface area contributed by atoms with Gasteiger partial charge in [-0.05, 0) is 50.1 Å². The van der Waals surface area contributed by atoms with Crippen LogP contribution in [-0.2, 0) is 10.2 Å². The molecule has 0 amide bonds. The van der Waals surface area contributed by atoms with E-state index >= 15 is 0 Å². The molecule has 0 bridgehead atoms. The van der Waals surface area contributed by atoms with Crippen molar-refractivity contribution < 1.29 is 32.9 Å². The molecular weight excluding hydrogens is 434 g/mol. The van der Waals surface area contributed by atoms with Gasteiger partial charge >= 0.3 is 12.6 Å². The summed E-state index contributed by atoms with van der Waals surface area (Å²) in [5.74, 6) is -1.15. The zero-order valence-electron chi connectivity index (χ0n) is 19.5. The fourth-order valence-corrected chi connectivity index (χ4v) is 3.32. The number of carbonyl (C=O) groups is 1. The van der Waals surface area contributed by atoms with Crippen molar-refractivity contribution in [3.8, 4) is 22.6 Å². The van der Waals surface area contributed by atoms with E-state index < -0.39 is 23.6 Å². The number of aromatic nitrogens is 2. The Kier molecular flexibility index (Phi) is 6.65. The van der Waals surface area contributed by atoms with Crippen molar-refractivity contribution in [3.05, 3.63) is 47.8 Å². The predicted molar refractivity (Wildman–Crippen MR) is 119 cm³/mol. The molecule has 0 fully saturated rings. The van der Waals surface area contributed by atoms with Gasteiger partial charge in [0.05, 0.1) is 25.4 Å². The molecule has 3 rings (SSSR count). The standard InChI is InChI=1S/C24H28F2N2O5/c1-23(2,3)33-21(30)20-18(31-6)9-14(10-19(20)32-22(25)26)16-11-27-28-12-15(7-8-17(16)28)24(4,5)13-29/h7-12,22,29H,13H2,1-6H3. The summed E-state index contributed by atoms with van der Waals surface area (Å²) in [5, 5.41) is 14.0. The third-order valence-electron chi connectivity index (χ3n) is 5.11. The maximum Gasteiger partial charge on any atom is 0.387 e. The Morgan fingerprint density at radius 3 is 2.39 bits per heavy atom. The number of methoxy groups -OCH3 is 1. The highest BCUT2D eigenvalue weighted by Gasteiger charge is 2.28. The van der Waals surface area contributed by atoms with Gasteiger partial charge in [-0.25, -0.2) is 9.31 Å². The van der Waals surface area contributed by atoms with E-state index in [1.54, 1.807) is 43.7 Å². The van der Waals surface area contributed by atoms with Crippen LogP contribution >= 0.6 is 0 Å². The number of hydrogen-bond acceptors (Lipinski definition) is 6. The fourth-order valence-electron chi connectivity index (χ4n) is 3.32. The Hall–Kier alpha value is -3.20. The zero-order valence-corrected chi connectivity index (χ0v) is 19.5. The minimum Gasteiger partial charge on any atom is -0.496 e. The van der Waals surface area contributed by atoms with E-state index in [0.29, 0.717) is 16.6 Å². The van der Waals surface area contributed by atoms with Crippen molar-refractivity contribution in [1.29, 1.82) is 0 Å². The van der Waals surface area contributed by atoms with Gasteiger partial charge in [0.25, 0.3) is 0 Å². The lowest BCUT2D eigenvalue weighted by Crippen LogP contribution is -2.25. The number of halogens is 2. The summed E-state index contributed by atoms with van der Waals surface area (Å²) in [5.41, 5.74) is 1.15. The van der Waals surface area contributed by atoms with E-state index in [1.165, 1.54) is 13.2 Å². The van der Waals surface area contributed by atoms with E-state index in [0.717, 1.165) is 5.56 Å². The summed E-state index contributed by atoms with van der Waals surface area (Å²) in [6.45, 7) is 5.64. The predicted octanol–water partition coefficient (Wildman–Crippen LogP) is 4.84. The number of pyridine rings is 1. The maximum atomic E-state index is 13.2. The zero-order chi connectivity index (χ0) is 24.6. The number of hydrogen-bond donors (Lipinski definition) is 1. The molecule has 2 aromatic heterocycles. The third-order valence-corrected chi connectivity index (χ3v) is 5.11. The summed E-state index contributed by atoms with van der Waals surface area (Å²) in [6, 6.07) is 6.60. The molecule has 0 atom stereocenters. The van der Waals surface area contributed by atoms with Gasteiger partial charge in [-0.2, -0.15) is 13.9 Å². The number of aliphatic hydroxyl groups excluding tert-OH is 1. The van der Waals surface area contributed by atoms with E-state index in [9.17, 15) is 18.7 Å². The first-order chi connectivity index (χ1) is 15.4. The number of rotatable bonds is 7. The van der Waals surface area contributed by atoms with Crippen LogP contribution in [0.25, 0.3) is 16.6 Å². The van der Waals surface area contributed by atoms with Crippen LogP contribution in [0.1, 0.15) is 50.5 Å². The van der Waals surface area contributed by atoms with Gasteiger partial charge in [0.2, 0.25) is 0 Å². The van der Waals surface area contributed by atoms with Gasteiger partial charge in [0.1, 0.15) is 22.7 Å². The second-order valence-electron chi connectivity index (χ2n) is 9.28. The topological polar surface area (TPSA) is 82.3 Å². The lowest BCUT2D eigenvalue weighted by molar-refractivity contribution is -0.0509. The molecule has 9 heteroatoms. The van der Waals surface area contributed by atoms with Crippen molar-refractivity contribution in [2.75, 3.05) is 13.7 Å². The summed E-state index contributed by atoms with van der Waals surface area (Å²) in [6.07, 6.45) is 3.39. The summed E-state index contributed by atoms with van der Waals surface area (Å²) in [4.78, 5) is 12.7. The summed E-state index contributed by atoms with van der Waals surface area (Å²) < 4.78 is 43.4. The first-order valence-electron chi connectivity index (χ1n) is 10.4. The smallest absolute Gasteiger partial charge is 0.387 e. The molecule has 178 valence electrons. The lowest BCUT2D eigenvalue weighted by Gasteiger charge is -2.22. The van der Waals surface area contributed by atoms with Gasteiger partial charge < -0.3 is 19.3 Å². The van der Waals surface area contributed by atoms with Gasteiger partial charge in [0.15, 0.2) is 0 Å². The van der Waals surface area contributed by atoms with Crippen LogP contribution in [0.15, 0.2) is 36.7 Å². The normalized spacial score (nSPS) is 12.3. The molecule has 33 heavy (non-hydrogen) atoms. The van der Waals surface area contributed by atoms with E-state index in [1.807, 2.05) is 26.0 Å². The monoisotopic (exact) mass is 462 g/mol. The molecule has 7 nitrogen and oxygen atoms in total. The van der Waals surface area contributed by atoms with Crippen molar-refractivity contribution in [1.82, 2.24) is 9.61 Å². The Morgan fingerprint density at radius 1 is 1.15 bits per heavy atom. The number of carbonyl (C=O) groups excluding carboxylic acids is 1. The molecule has 0 aliphatic heterocycles. The van der Waals surface area contributed by atoms with Gasteiger partial charge in [-0.15, -0.1) is 0 Å². The average molecular weight is 462 g/mol. The van der Waals surface area contributed by atoms with Crippen LogP contribution < -0.4 is 9.47 Å². The van der Waals surface area contributed by atoms with Crippen LogP contribution in [0.4, 0.5) is 8.78 Å². The molecule has 0 saturated carbocycles. The molecule has 1 aromatic carbocycles. The lowest BCUT2D eigenvalue weighted by atomic mass is 9.87. The number of aliphatic hydroxyl groups is 1. The van der Waals surface area contributed by atoms with Crippen LogP contribution in [0.3, 0.4) is 0 Å². The van der Waals surface area contributed by atoms with E-state index in [-0.39, 0.29) is 23.7 Å². The van der Waals surface area contributed by atoms with Crippen LogP contribution in [-0.4, -0.2) is 46.6 Å². The summed E-state index contributed by atoms with van der Waals surface area (Å²) >= 11 is 0. The number of esters is 1. The first kappa shape index (κ1) is 24.4. The highest BCUT2D eigenvalue weighted by Crippen LogP contribution is 2.38. The third kappa shape index (κ3) is 5.24. The molecule has 0 aliphatic carbocycles. The Labute approximate surface area is 190 Å². The number of benzene rings is 1. The highest BCUT2D eigenvalue weighted by atomic mass is 19.3. The van der Waals surface area contributed by atoms with Gasteiger partial charge in [-0.3, -0.25) is 0 Å². The fraction of sp³-hybridized carbons (Fsp3) is 0.417. The quantitative estimate of drug-likeness (QED) is 0.506. The molecule has 0 spiro atoms. The number of fused-ring (bicyclic) bond motifs is 1. The average Bonchev–Trinajstić information content (AvgIpc) is 3.14. The van der Waals surface area contributed by atoms with E-state index in [4.69, 9.17) is 9.47 Å². The van der Waals surface area contributed by atoms with Crippen molar-refractivity contribution >= 4 is 11.5 Å². The molecule has 2 heterocycles. The molecular formula is C24H28F2N2O5. The van der Waals surface area contributed by atoms with Gasteiger partial charge in [-0.1, -0.05) is 19.9 Å². The largest absolute Gasteiger partial charge is 0.496 e.